The van der Waals surface area contributed by atoms with E-state index in [2.05, 4.69) is 28.7 Å². The van der Waals surface area contributed by atoms with Gasteiger partial charge in [-0.05, 0) is 44.0 Å². The number of benzene rings is 1. The molecule has 4 heterocycles. The minimum absolute atomic E-state index is 0.228. The molecule has 2 fully saturated rings. The maximum absolute atomic E-state index is 13.4. The minimum atomic E-state index is -3.66. The van der Waals surface area contributed by atoms with Crippen molar-refractivity contribution < 1.29 is 8.42 Å². The summed E-state index contributed by atoms with van der Waals surface area (Å²) in [4.78, 5) is 17.2. The van der Waals surface area contributed by atoms with E-state index in [1.807, 2.05) is 0 Å². The molecule has 0 unspecified atom stereocenters. The van der Waals surface area contributed by atoms with Gasteiger partial charge in [-0.3, -0.25) is 0 Å². The van der Waals surface area contributed by atoms with Crippen molar-refractivity contribution in [1.29, 1.82) is 0 Å². The lowest BCUT2D eigenvalue weighted by atomic mass is 9.98. The van der Waals surface area contributed by atoms with Crippen LogP contribution in [0.25, 0.3) is 0 Å². The molecule has 0 N–H and O–H groups in total. The number of hydrogen-bond acceptors (Lipinski definition) is 7. The largest absolute Gasteiger partial charge is 0.356 e. The second-order valence-corrected chi connectivity index (χ2v) is 12.2. The molecule has 0 aliphatic carbocycles. The molecule has 1 aromatic carbocycles. The van der Waals surface area contributed by atoms with E-state index < -0.39 is 10.0 Å². The summed E-state index contributed by atoms with van der Waals surface area (Å²) in [7, 11) is -1.52. The van der Waals surface area contributed by atoms with Gasteiger partial charge in [-0.2, -0.15) is 9.29 Å². The Hall–Kier alpha value is -1.94. The molecule has 1 aromatic heterocycles. The summed E-state index contributed by atoms with van der Waals surface area (Å²) in [6.07, 6.45) is 2.82. The van der Waals surface area contributed by atoms with E-state index in [0.29, 0.717) is 23.9 Å². The van der Waals surface area contributed by atoms with Crippen molar-refractivity contribution in [1.82, 2.24) is 19.2 Å². The van der Waals surface area contributed by atoms with Gasteiger partial charge in [0, 0.05) is 69.4 Å². The summed E-state index contributed by atoms with van der Waals surface area (Å²) in [6, 6.07) is 6.50. The number of fused-ring (bicyclic) bond motifs is 1. The highest BCUT2D eigenvalue weighted by molar-refractivity contribution is 7.89. The standard InChI is InChI=1S/C24H33ClN6O2S/c1-18-6-9-29(10-7-18)23-21-17-31(34(32,33)20-5-3-4-19(25)16-20)11-8-22(21)26-24(27-23)30-14-12-28(2)13-15-30/h3-5,16,18H,6-15,17H2,1-2H3. The lowest BCUT2D eigenvalue weighted by Gasteiger charge is -2.37. The van der Waals surface area contributed by atoms with E-state index in [0.717, 1.165) is 75.1 Å². The number of rotatable bonds is 4. The molecular formula is C24H33ClN6O2S. The Kier molecular flexibility index (Phi) is 6.72. The van der Waals surface area contributed by atoms with Gasteiger partial charge in [0.05, 0.1) is 10.6 Å². The van der Waals surface area contributed by atoms with Crippen LogP contribution in [0.3, 0.4) is 0 Å². The molecule has 0 saturated carbocycles. The summed E-state index contributed by atoms with van der Waals surface area (Å²) in [5, 5.41) is 0.418. The Morgan fingerprint density at radius 1 is 0.971 bits per heavy atom. The molecule has 184 valence electrons. The maximum Gasteiger partial charge on any atom is 0.243 e. The van der Waals surface area contributed by atoms with Crippen molar-refractivity contribution in [2.24, 2.45) is 5.92 Å². The molecule has 3 aliphatic heterocycles. The molecule has 10 heteroatoms. The van der Waals surface area contributed by atoms with Crippen LogP contribution in [0, 0.1) is 5.92 Å². The smallest absolute Gasteiger partial charge is 0.243 e. The Labute approximate surface area is 207 Å². The van der Waals surface area contributed by atoms with Gasteiger partial charge in [0.15, 0.2) is 0 Å². The summed E-state index contributed by atoms with van der Waals surface area (Å²) < 4.78 is 28.4. The van der Waals surface area contributed by atoms with Crippen molar-refractivity contribution in [3.8, 4) is 0 Å². The molecule has 34 heavy (non-hydrogen) atoms. The number of piperazine rings is 1. The number of anilines is 2. The van der Waals surface area contributed by atoms with Gasteiger partial charge in [-0.25, -0.2) is 13.4 Å². The van der Waals surface area contributed by atoms with Crippen LogP contribution in [0.5, 0.6) is 0 Å². The van der Waals surface area contributed by atoms with Crippen LogP contribution in [0.1, 0.15) is 31.0 Å². The Bertz CT molecular complexity index is 1140. The first-order chi connectivity index (χ1) is 16.3. The Balaban J connectivity index is 1.49. The fraction of sp³-hybridized carbons (Fsp3) is 0.583. The van der Waals surface area contributed by atoms with Gasteiger partial charge in [0.1, 0.15) is 5.82 Å². The average molecular weight is 505 g/mol. The van der Waals surface area contributed by atoms with E-state index in [1.54, 1.807) is 22.5 Å². The van der Waals surface area contributed by atoms with Crippen LogP contribution in [0.15, 0.2) is 29.2 Å². The van der Waals surface area contributed by atoms with E-state index in [9.17, 15) is 8.42 Å². The maximum atomic E-state index is 13.4. The molecule has 2 saturated heterocycles. The fourth-order valence-corrected chi connectivity index (χ4v) is 6.68. The highest BCUT2D eigenvalue weighted by Crippen LogP contribution is 2.34. The van der Waals surface area contributed by atoms with Crippen molar-refractivity contribution >= 4 is 33.4 Å². The SMILES string of the molecule is CC1CCN(c2nc(N3CCN(C)CC3)nc3c2CN(S(=O)(=O)c2cccc(Cl)c2)CC3)CC1. The van der Waals surface area contributed by atoms with Crippen molar-refractivity contribution in [3.63, 3.8) is 0 Å². The number of halogens is 1. The predicted molar refractivity (Wildman–Crippen MR) is 135 cm³/mol. The monoisotopic (exact) mass is 504 g/mol. The highest BCUT2D eigenvalue weighted by atomic mass is 35.5. The summed E-state index contributed by atoms with van der Waals surface area (Å²) >= 11 is 6.09. The van der Waals surface area contributed by atoms with Crippen LogP contribution in [-0.2, 0) is 23.0 Å². The fourth-order valence-electron chi connectivity index (χ4n) is 4.97. The van der Waals surface area contributed by atoms with Crippen LogP contribution in [0.4, 0.5) is 11.8 Å². The van der Waals surface area contributed by atoms with E-state index in [-0.39, 0.29) is 11.4 Å². The van der Waals surface area contributed by atoms with E-state index in [1.165, 1.54) is 6.07 Å². The second-order valence-electron chi connectivity index (χ2n) is 9.78. The number of hydrogen-bond donors (Lipinski definition) is 0. The average Bonchev–Trinajstić information content (AvgIpc) is 2.84. The topological polar surface area (TPSA) is 72.9 Å². The molecule has 5 rings (SSSR count). The molecule has 0 amide bonds. The minimum Gasteiger partial charge on any atom is -0.356 e. The first-order valence-corrected chi connectivity index (χ1v) is 14.0. The van der Waals surface area contributed by atoms with Crippen molar-refractivity contribution in [2.45, 2.75) is 37.6 Å². The normalized spacial score (nSPS) is 21.0. The summed E-state index contributed by atoms with van der Waals surface area (Å²) in [5.41, 5.74) is 1.93. The molecule has 0 bridgehead atoms. The Morgan fingerprint density at radius 2 is 1.71 bits per heavy atom. The second kappa shape index (κ2) is 9.60. The third kappa shape index (κ3) is 4.76. The molecule has 0 radical (unpaired) electrons. The van der Waals surface area contributed by atoms with Gasteiger partial charge in [0.25, 0.3) is 0 Å². The summed E-state index contributed by atoms with van der Waals surface area (Å²) in [6.45, 7) is 8.64. The lowest BCUT2D eigenvalue weighted by Crippen LogP contribution is -2.46. The van der Waals surface area contributed by atoms with Gasteiger partial charge in [-0.1, -0.05) is 24.6 Å². The van der Waals surface area contributed by atoms with Crippen molar-refractivity contribution in [2.75, 3.05) is 62.7 Å². The Morgan fingerprint density at radius 3 is 2.41 bits per heavy atom. The molecule has 0 atom stereocenters. The molecular weight excluding hydrogens is 472 g/mol. The third-order valence-electron chi connectivity index (χ3n) is 7.29. The van der Waals surface area contributed by atoms with Crippen LogP contribution in [-0.4, -0.2) is 80.5 Å². The van der Waals surface area contributed by atoms with Gasteiger partial charge < -0.3 is 14.7 Å². The number of nitrogens with zero attached hydrogens (tertiary/aromatic N) is 6. The number of piperidine rings is 1. The molecule has 2 aromatic rings. The quantitative estimate of drug-likeness (QED) is 0.634. The first kappa shape index (κ1) is 23.8. The molecule has 0 spiro atoms. The van der Waals surface area contributed by atoms with E-state index >= 15 is 0 Å². The third-order valence-corrected chi connectivity index (χ3v) is 9.37. The molecule has 8 nitrogen and oxygen atoms in total. The number of aromatic nitrogens is 2. The number of likely N-dealkylation sites (N-methyl/N-ethyl adjacent to an activating group) is 1. The number of sulfonamides is 1. The van der Waals surface area contributed by atoms with Gasteiger partial charge in [-0.15, -0.1) is 0 Å². The highest BCUT2D eigenvalue weighted by Gasteiger charge is 2.34. The van der Waals surface area contributed by atoms with Crippen molar-refractivity contribution in [3.05, 3.63) is 40.5 Å². The van der Waals surface area contributed by atoms with E-state index in [4.69, 9.17) is 21.6 Å². The predicted octanol–water partition coefficient (Wildman–Crippen LogP) is 2.87. The zero-order valence-electron chi connectivity index (χ0n) is 20.0. The van der Waals surface area contributed by atoms with Crippen LogP contribution in [0.2, 0.25) is 5.02 Å². The van der Waals surface area contributed by atoms with Gasteiger partial charge >= 0.3 is 0 Å². The first-order valence-electron chi connectivity index (χ1n) is 12.2. The zero-order chi connectivity index (χ0) is 23.9. The molecule has 3 aliphatic rings. The van der Waals surface area contributed by atoms with Gasteiger partial charge in [0.2, 0.25) is 16.0 Å². The summed E-state index contributed by atoms with van der Waals surface area (Å²) in [5.74, 6) is 2.40. The van der Waals surface area contributed by atoms with Crippen LogP contribution >= 0.6 is 11.6 Å². The zero-order valence-corrected chi connectivity index (χ0v) is 21.5. The lowest BCUT2D eigenvalue weighted by molar-refractivity contribution is 0.310. The van der Waals surface area contributed by atoms with Crippen LogP contribution < -0.4 is 9.80 Å².